The zero-order valence-corrected chi connectivity index (χ0v) is 9.73. The van der Waals surface area contributed by atoms with Gasteiger partial charge in [-0.1, -0.05) is 6.92 Å². The number of amides is 2. The van der Waals surface area contributed by atoms with Crippen LogP contribution in [0.25, 0.3) is 0 Å². The summed E-state index contributed by atoms with van der Waals surface area (Å²) in [4.78, 5) is 15.4. The van der Waals surface area contributed by atoms with Gasteiger partial charge in [0.1, 0.15) is 0 Å². The van der Waals surface area contributed by atoms with Gasteiger partial charge in [-0.25, -0.2) is 9.78 Å². The van der Waals surface area contributed by atoms with Crippen LogP contribution in [-0.4, -0.2) is 17.6 Å². The van der Waals surface area contributed by atoms with Crippen molar-refractivity contribution in [1.82, 2.24) is 10.3 Å². The van der Waals surface area contributed by atoms with Gasteiger partial charge in [0, 0.05) is 18.0 Å². The molecule has 1 rings (SSSR count). The van der Waals surface area contributed by atoms with E-state index < -0.39 is 0 Å². The van der Waals surface area contributed by atoms with E-state index >= 15 is 0 Å². The van der Waals surface area contributed by atoms with E-state index in [-0.39, 0.29) is 12.1 Å². The number of hydrogen-bond donors (Lipinski definition) is 3. The van der Waals surface area contributed by atoms with Crippen molar-refractivity contribution in [1.29, 1.82) is 0 Å². The van der Waals surface area contributed by atoms with Crippen LogP contribution >= 0.6 is 11.3 Å². The smallest absolute Gasteiger partial charge is 0.321 e. The number of nitrogens with two attached hydrogens (primary N) is 1. The molecule has 1 heterocycles. The molecule has 0 aliphatic heterocycles. The van der Waals surface area contributed by atoms with Crippen LogP contribution in [0.2, 0.25) is 0 Å². The van der Waals surface area contributed by atoms with Gasteiger partial charge in [0.2, 0.25) is 0 Å². The van der Waals surface area contributed by atoms with Crippen molar-refractivity contribution in [2.45, 2.75) is 26.3 Å². The third-order valence-corrected chi connectivity index (χ3v) is 2.52. The molecule has 1 aromatic rings. The molecule has 0 radical (unpaired) electrons. The molecule has 1 atom stereocenters. The van der Waals surface area contributed by atoms with Gasteiger partial charge in [0.15, 0.2) is 5.13 Å². The second kappa shape index (κ2) is 5.67. The fourth-order valence-electron chi connectivity index (χ4n) is 0.933. The Hall–Kier alpha value is -1.14. The molecule has 2 amide bonds. The third kappa shape index (κ3) is 3.85. The molecule has 0 spiro atoms. The number of carbonyl (C=O) groups is 1. The summed E-state index contributed by atoms with van der Waals surface area (Å²) in [5.41, 5.74) is 6.45. The lowest BCUT2D eigenvalue weighted by atomic mass is 10.3. The zero-order valence-electron chi connectivity index (χ0n) is 8.91. The lowest BCUT2D eigenvalue weighted by Gasteiger charge is -2.03. The molecule has 84 valence electrons. The Morgan fingerprint density at radius 1 is 1.73 bits per heavy atom. The first-order chi connectivity index (χ1) is 7.13. The van der Waals surface area contributed by atoms with Crippen LogP contribution in [0.3, 0.4) is 0 Å². The molecule has 0 aliphatic carbocycles. The van der Waals surface area contributed by atoms with Crippen molar-refractivity contribution >= 4 is 22.5 Å². The highest BCUT2D eigenvalue weighted by molar-refractivity contribution is 7.13. The summed E-state index contributed by atoms with van der Waals surface area (Å²) < 4.78 is 0. The Morgan fingerprint density at radius 2 is 2.47 bits per heavy atom. The average molecular weight is 228 g/mol. The van der Waals surface area contributed by atoms with Gasteiger partial charge < -0.3 is 11.1 Å². The third-order valence-electron chi connectivity index (χ3n) is 1.74. The van der Waals surface area contributed by atoms with Gasteiger partial charge >= 0.3 is 6.03 Å². The largest absolute Gasteiger partial charge is 0.338 e. The minimum atomic E-state index is -0.220. The Bertz CT molecular complexity index is 324. The Labute approximate surface area is 93.1 Å². The normalized spacial score (nSPS) is 12.2. The van der Waals surface area contributed by atoms with E-state index in [1.165, 1.54) is 11.3 Å². The molecule has 1 unspecified atom stereocenters. The molecule has 0 saturated heterocycles. The molecule has 0 saturated carbocycles. The first-order valence-electron chi connectivity index (χ1n) is 4.89. The number of carbonyl (C=O) groups excluding carboxylic acids is 1. The second-order valence-corrected chi connectivity index (χ2v) is 4.11. The van der Waals surface area contributed by atoms with Crippen LogP contribution in [0, 0.1) is 0 Å². The SMILES string of the molecule is CCCNC(=O)Nc1nc(C(C)N)cs1. The van der Waals surface area contributed by atoms with E-state index in [1.54, 1.807) is 0 Å². The van der Waals surface area contributed by atoms with Gasteiger partial charge in [-0.2, -0.15) is 0 Å². The fraction of sp³-hybridized carbons (Fsp3) is 0.556. The first-order valence-corrected chi connectivity index (χ1v) is 5.77. The van der Waals surface area contributed by atoms with Crippen molar-refractivity contribution in [3.05, 3.63) is 11.1 Å². The summed E-state index contributed by atoms with van der Waals surface area (Å²) >= 11 is 1.38. The molecule has 5 nitrogen and oxygen atoms in total. The van der Waals surface area contributed by atoms with Crippen LogP contribution < -0.4 is 16.4 Å². The Morgan fingerprint density at radius 3 is 3.00 bits per heavy atom. The maximum Gasteiger partial charge on any atom is 0.321 e. The summed E-state index contributed by atoms with van der Waals surface area (Å²) in [7, 11) is 0. The van der Waals surface area contributed by atoms with Crippen LogP contribution in [-0.2, 0) is 0 Å². The van der Waals surface area contributed by atoms with Crippen LogP contribution in [0.5, 0.6) is 0 Å². The predicted molar refractivity (Wildman–Crippen MR) is 62.0 cm³/mol. The summed E-state index contributed by atoms with van der Waals surface area (Å²) in [5.74, 6) is 0. The average Bonchev–Trinajstić information content (AvgIpc) is 2.63. The molecule has 0 aromatic carbocycles. The molecule has 1 aromatic heterocycles. The number of urea groups is 1. The molecule has 0 fully saturated rings. The van der Waals surface area contributed by atoms with E-state index in [2.05, 4.69) is 15.6 Å². The number of thiazole rings is 1. The molecule has 0 aliphatic rings. The summed E-state index contributed by atoms with van der Waals surface area (Å²) in [5, 5.41) is 7.79. The van der Waals surface area contributed by atoms with Crippen molar-refractivity contribution < 1.29 is 4.79 Å². The van der Waals surface area contributed by atoms with Gasteiger partial charge in [-0.05, 0) is 13.3 Å². The number of nitrogens with zero attached hydrogens (tertiary/aromatic N) is 1. The van der Waals surface area contributed by atoms with Gasteiger partial charge in [0.25, 0.3) is 0 Å². The standard InChI is InChI=1S/C9H16N4OS/c1-3-4-11-8(14)13-9-12-7(5-15-9)6(2)10/h5-6H,3-4,10H2,1-2H3,(H2,11,12,13,14). The topological polar surface area (TPSA) is 80.0 Å². The van der Waals surface area contributed by atoms with Crippen molar-refractivity contribution in [3.8, 4) is 0 Å². The van der Waals surface area contributed by atoms with Crippen LogP contribution in [0.4, 0.5) is 9.93 Å². The Balaban J connectivity index is 2.46. The molecular weight excluding hydrogens is 212 g/mol. The monoisotopic (exact) mass is 228 g/mol. The van der Waals surface area contributed by atoms with Gasteiger partial charge in [-0.3, -0.25) is 5.32 Å². The first kappa shape index (κ1) is 11.9. The zero-order chi connectivity index (χ0) is 11.3. The van der Waals surface area contributed by atoms with E-state index in [9.17, 15) is 4.79 Å². The predicted octanol–water partition coefficient (Wildman–Crippen LogP) is 1.69. The molecule has 4 N–H and O–H groups in total. The quantitative estimate of drug-likeness (QED) is 0.733. The molecular formula is C9H16N4OS. The minimum absolute atomic E-state index is 0.101. The summed E-state index contributed by atoms with van der Waals surface area (Å²) in [6.45, 7) is 4.52. The molecule has 6 heteroatoms. The number of aromatic nitrogens is 1. The van der Waals surface area contributed by atoms with Crippen LogP contribution in [0.15, 0.2) is 5.38 Å². The fourth-order valence-corrected chi connectivity index (χ4v) is 1.74. The van der Waals surface area contributed by atoms with Gasteiger partial charge in [0.05, 0.1) is 5.69 Å². The highest BCUT2D eigenvalue weighted by atomic mass is 32.1. The Kier molecular flexibility index (Phi) is 4.51. The van der Waals surface area contributed by atoms with Crippen molar-refractivity contribution in [3.63, 3.8) is 0 Å². The maximum absolute atomic E-state index is 11.3. The van der Waals surface area contributed by atoms with E-state index in [4.69, 9.17) is 5.73 Å². The van der Waals surface area contributed by atoms with E-state index in [1.807, 2.05) is 19.2 Å². The van der Waals surface area contributed by atoms with Crippen molar-refractivity contribution in [2.24, 2.45) is 5.73 Å². The number of nitrogens with one attached hydrogen (secondary N) is 2. The van der Waals surface area contributed by atoms with Crippen LogP contribution in [0.1, 0.15) is 32.0 Å². The lowest BCUT2D eigenvalue weighted by Crippen LogP contribution is -2.29. The van der Waals surface area contributed by atoms with E-state index in [0.29, 0.717) is 11.7 Å². The molecule has 0 bridgehead atoms. The summed E-state index contributed by atoms with van der Waals surface area (Å²) in [6.07, 6.45) is 0.913. The number of anilines is 1. The summed E-state index contributed by atoms with van der Waals surface area (Å²) in [6, 6.07) is -0.321. The maximum atomic E-state index is 11.3. The van der Waals surface area contributed by atoms with E-state index in [0.717, 1.165) is 12.1 Å². The number of rotatable bonds is 4. The lowest BCUT2D eigenvalue weighted by molar-refractivity contribution is 0.252. The number of hydrogen-bond acceptors (Lipinski definition) is 4. The second-order valence-electron chi connectivity index (χ2n) is 3.25. The van der Waals surface area contributed by atoms with Gasteiger partial charge in [-0.15, -0.1) is 11.3 Å². The van der Waals surface area contributed by atoms with Crippen molar-refractivity contribution in [2.75, 3.05) is 11.9 Å². The minimum Gasteiger partial charge on any atom is -0.338 e. The highest BCUT2D eigenvalue weighted by Gasteiger charge is 2.07. The highest BCUT2D eigenvalue weighted by Crippen LogP contribution is 2.18. The molecule has 15 heavy (non-hydrogen) atoms.